The highest BCUT2D eigenvalue weighted by atomic mass is 16.3. The van der Waals surface area contributed by atoms with Gasteiger partial charge in [0.1, 0.15) is 11.3 Å². The number of nitrogens with zero attached hydrogens (tertiary/aromatic N) is 1. The van der Waals surface area contributed by atoms with Crippen molar-refractivity contribution >= 4 is 16.9 Å². The standard InChI is InChI=1S/C20H26N2O2/c1-2-3-7-18-19(15-6-4-5-8-17(15)24-18)20(23)21-16-10-12-22-11-9-14(16)13-22/h4-6,8,14,16H,2-3,7,9-13H2,1H3,(H,21,23). The molecule has 2 bridgehead atoms. The van der Waals surface area contributed by atoms with Crippen molar-refractivity contribution in [3.05, 3.63) is 35.6 Å². The van der Waals surface area contributed by atoms with Gasteiger partial charge in [-0.15, -0.1) is 0 Å². The van der Waals surface area contributed by atoms with Crippen LogP contribution in [0.4, 0.5) is 0 Å². The average Bonchev–Trinajstić information content (AvgIpc) is 3.16. The number of carbonyl (C=O) groups is 1. The summed E-state index contributed by atoms with van der Waals surface area (Å²) >= 11 is 0. The van der Waals surface area contributed by atoms with Crippen LogP contribution in [0.1, 0.15) is 48.7 Å². The molecule has 0 spiro atoms. The first-order valence-corrected chi connectivity index (χ1v) is 9.30. The molecule has 1 amide bonds. The van der Waals surface area contributed by atoms with Crippen LogP contribution in [-0.2, 0) is 6.42 Å². The van der Waals surface area contributed by atoms with Gasteiger partial charge in [0.15, 0.2) is 0 Å². The van der Waals surface area contributed by atoms with Crippen LogP contribution in [0.25, 0.3) is 11.0 Å². The summed E-state index contributed by atoms with van der Waals surface area (Å²) in [5.74, 6) is 1.51. The summed E-state index contributed by atoms with van der Waals surface area (Å²) in [6.45, 7) is 5.60. The Balaban J connectivity index is 1.60. The minimum atomic E-state index is 0.0522. The molecule has 0 saturated carbocycles. The number of carbonyl (C=O) groups excluding carboxylic acids is 1. The first-order valence-electron chi connectivity index (χ1n) is 9.30. The quantitative estimate of drug-likeness (QED) is 0.913. The van der Waals surface area contributed by atoms with E-state index in [1.165, 1.54) is 13.0 Å². The normalized spacial score (nSPS) is 26.0. The fourth-order valence-corrected chi connectivity index (χ4v) is 4.24. The third-order valence-corrected chi connectivity index (χ3v) is 5.60. The molecule has 0 aliphatic carbocycles. The molecule has 1 aromatic heterocycles. The Morgan fingerprint density at radius 1 is 1.29 bits per heavy atom. The number of para-hydroxylation sites is 1. The van der Waals surface area contributed by atoms with Crippen molar-refractivity contribution < 1.29 is 9.21 Å². The third kappa shape index (κ3) is 2.84. The lowest BCUT2D eigenvalue weighted by molar-refractivity contribution is 0.0904. The zero-order valence-electron chi connectivity index (χ0n) is 14.4. The Bertz CT molecular complexity index is 736. The Morgan fingerprint density at radius 2 is 2.12 bits per heavy atom. The minimum absolute atomic E-state index is 0.0522. The summed E-state index contributed by atoms with van der Waals surface area (Å²) in [5.41, 5.74) is 1.59. The molecular formula is C20H26N2O2. The molecule has 1 N–H and O–H groups in total. The van der Waals surface area contributed by atoms with E-state index >= 15 is 0 Å². The maximum Gasteiger partial charge on any atom is 0.255 e. The fourth-order valence-electron chi connectivity index (χ4n) is 4.24. The number of amides is 1. The zero-order chi connectivity index (χ0) is 16.5. The van der Waals surface area contributed by atoms with Gasteiger partial charge in [0, 0.05) is 30.9 Å². The van der Waals surface area contributed by atoms with Crippen LogP contribution in [0.5, 0.6) is 0 Å². The van der Waals surface area contributed by atoms with Crippen molar-refractivity contribution in [1.82, 2.24) is 10.2 Å². The molecule has 0 radical (unpaired) electrons. The molecule has 3 atom stereocenters. The Hall–Kier alpha value is -1.81. The van der Waals surface area contributed by atoms with E-state index in [-0.39, 0.29) is 5.91 Å². The van der Waals surface area contributed by atoms with Crippen LogP contribution in [0, 0.1) is 5.92 Å². The first-order chi connectivity index (χ1) is 11.8. The largest absolute Gasteiger partial charge is 0.460 e. The van der Waals surface area contributed by atoms with Gasteiger partial charge in [-0.2, -0.15) is 0 Å². The maximum atomic E-state index is 13.1. The van der Waals surface area contributed by atoms with Crippen LogP contribution in [0.15, 0.2) is 28.7 Å². The van der Waals surface area contributed by atoms with E-state index in [4.69, 9.17) is 4.42 Å². The summed E-state index contributed by atoms with van der Waals surface area (Å²) in [6.07, 6.45) is 5.24. The van der Waals surface area contributed by atoms with Gasteiger partial charge in [-0.3, -0.25) is 4.79 Å². The lowest BCUT2D eigenvalue weighted by Gasteiger charge is -2.31. The second kappa shape index (κ2) is 6.60. The van der Waals surface area contributed by atoms with Crippen molar-refractivity contribution in [1.29, 1.82) is 0 Å². The monoisotopic (exact) mass is 326 g/mol. The number of unbranched alkanes of at least 4 members (excludes halogenated alkanes) is 1. The van der Waals surface area contributed by atoms with Gasteiger partial charge in [0.05, 0.1) is 5.56 Å². The molecule has 1 aromatic carbocycles. The number of piperidine rings is 1. The molecule has 4 heteroatoms. The van der Waals surface area contributed by atoms with E-state index in [2.05, 4.69) is 17.1 Å². The smallest absolute Gasteiger partial charge is 0.255 e. The van der Waals surface area contributed by atoms with Crippen molar-refractivity contribution in [3.8, 4) is 0 Å². The number of benzene rings is 1. The van der Waals surface area contributed by atoms with Crippen LogP contribution in [0.2, 0.25) is 0 Å². The highest BCUT2D eigenvalue weighted by Crippen LogP contribution is 2.30. The predicted molar refractivity (Wildman–Crippen MR) is 95.2 cm³/mol. The molecule has 128 valence electrons. The van der Waals surface area contributed by atoms with Gasteiger partial charge >= 0.3 is 0 Å². The molecule has 3 unspecified atom stereocenters. The second-order valence-electron chi connectivity index (χ2n) is 7.22. The number of aryl methyl sites for hydroxylation is 1. The molecule has 3 heterocycles. The van der Waals surface area contributed by atoms with Crippen LogP contribution < -0.4 is 5.32 Å². The lowest BCUT2D eigenvalue weighted by Crippen LogP contribution is -2.46. The minimum Gasteiger partial charge on any atom is -0.460 e. The van der Waals surface area contributed by atoms with E-state index in [1.54, 1.807) is 0 Å². The van der Waals surface area contributed by atoms with E-state index in [9.17, 15) is 4.79 Å². The molecular weight excluding hydrogens is 300 g/mol. The van der Waals surface area contributed by atoms with Gasteiger partial charge in [0.2, 0.25) is 0 Å². The molecule has 2 fully saturated rings. The summed E-state index contributed by atoms with van der Waals surface area (Å²) in [4.78, 5) is 15.6. The van der Waals surface area contributed by atoms with Crippen LogP contribution >= 0.6 is 0 Å². The summed E-state index contributed by atoms with van der Waals surface area (Å²) < 4.78 is 6.00. The van der Waals surface area contributed by atoms with E-state index in [0.29, 0.717) is 12.0 Å². The van der Waals surface area contributed by atoms with Crippen molar-refractivity contribution in [3.63, 3.8) is 0 Å². The molecule has 24 heavy (non-hydrogen) atoms. The summed E-state index contributed by atoms with van der Waals surface area (Å²) in [6, 6.07) is 8.21. The highest BCUT2D eigenvalue weighted by Gasteiger charge is 2.35. The number of nitrogens with one attached hydrogen (secondary N) is 1. The summed E-state index contributed by atoms with van der Waals surface area (Å²) in [5, 5.41) is 4.28. The number of furan rings is 1. The molecule has 2 aliphatic rings. The SMILES string of the molecule is CCCCc1oc2ccccc2c1C(=O)NC1CCN2CCC1C2. The molecule has 2 aromatic rings. The summed E-state index contributed by atoms with van der Waals surface area (Å²) in [7, 11) is 0. The zero-order valence-corrected chi connectivity index (χ0v) is 14.4. The number of hydrogen-bond acceptors (Lipinski definition) is 3. The van der Waals surface area contributed by atoms with Gasteiger partial charge in [-0.05, 0) is 37.8 Å². The Labute approximate surface area is 143 Å². The van der Waals surface area contributed by atoms with E-state index < -0.39 is 0 Å². The number of hydrogen-bond donors (Lipinski definition) is 1. The average molecular weight is 326 g/mol. The number of fused-ring (bicyclic) bond motifs is 3. The predicted octanol–water partition coefficient (Wildman–Crippen LogP) is 3.60. The first kappa shape index (κ1) is 15.7. The van der Waals surface area contributed by atoms with E-state index in [0.717, 1.165) is 61.1 Å². The van der Waals surface area contributed by atoms with Gasteiger partial charge in [-0.25, -0.2) is 0 Å². The Morgan fingerprint density at radius 3 is 3.00 bits per heavy atom. The molecule has 2 saturated heterocycles. The second-order valence-corrected chi connectivity index (χ2v) is 7.22. The number of rotatable bonds is 5. The van der Waals surface area contributed by atoms with E-state index in [1.807, 2.05) is 24.3 Å². The highest BCUT2D eigenvalue weighted by molar-refractivity contribution is 6.07. The van der Waals surface area contributed by atoms with Gasteiger partial charge < -0.3 is 14.6 Å². The van der Waals surface area contributed by atoms with Gasteiger partial charge in [0.25, 0.3) is 5.91 Å². The van der Waals surface area contributed by atoms with Crippen molar-refractivity contribution in [2.45, 2.75) is 45.1 Å². The maximum absolute atomic E-state index is 13.1. The van der Waals surface area contributed by atoms with Crippen molar-refractivity contribution in [2.24, 2.45) is 5.92 Å². The molecule has 4 rings (SSSR count). The third-order valence-electron chi connectivity index (χ3n) is 5.60. The topological polar surface area (TPSA) is 45.5 Å². The Kier molecular flexibility index (Phi) is 4.31. The molecule has 4 nitrogen and oxygen atoms in total. The van der Waals surface area contributed by atoms with Crippen LogP contribution in [0.3, 0.4) is 0 Å². The molecule has 2 aliphatic heterocycles. The van der Waals surface area contributed by atoms with Crippen LogP contribution in [-0.4, -0.2) is 36.5 Å². The van der Waals surface area contributed by atoms with Crippen molar-refractivity contribution in [2.75, 3.05) is 19.6 Å². The van der Waals surface area contributed by atoms with Gasteiger partial charge in [-0.1, -0.05) is 31.5 Å². The fraction of sp³-hybridized carbons (Fsp3) is 0.550. The lowest BCUT2D eigenvalue weighted by atomic mass is 9.93.